The summed E-state index contributed by atoms with van der Waals surface area (Å²) in [5, 5.41) is 2.97. The van der Waals surface area contributed by atoms with Crippen molar-refractivity contribution in [2.75, 3.05) is 26.2 Å². The van der Waals surface area contributed by atoms with Crippen LogP contribution in [0.3, 0.4) is 0 Å². The maximum absolute atomic E-state index is 11.7. The topological polar surface area (TPSA) is 58.4 Å². The van der Waals surface area contributed by atoms with Gasteiger partial charge < -0.3 is 16.0 Å². The number of rotatable bonds is 6. The van der Waals surface area contributed by atoms with Gasteiger partial charge in [-0.3, -0.25) is 4.79 Å². The second-order valence-corrected chi connectivity index (χ2v) is 5.82. The van der Waals surface area contributed by atoms with Crippen molar-refractivity contribution in [3.8, 4) is 0 Å². The van der Waals surface area contributed by atoms with Gasteiger partial charge in [0.25, 0.3) is 0 Å². The van der Waals surface area contributed by atoms with Crippen LogP contribution in [0.5, 0.6) is 0 Å². The van der Waals surface area contributed by atoms with Crippen LogP contribution in [0, 0.1) is 11.8 Å². The Morgan fingerprint density at radius 3 is 2.35 bits per heavy atom. The molecule has 1 amide bonds. The second kappa shape index (κ2) is 11.6. The van der Waals surface area contributed by atoms with Crippen molar-refractivity contribution in [1.82, 2.24) is 10.2 Å². The van der Waals surface area contributed by atoms with Gasteiger partial charge in [0.1, 0.15) is 0 Å². The molecule has 0 aromatic heterocycles. The van der Waals surface area contributed by atoms with Crippen molar-refractivity contribution in [3.05, 3.63) is 0 Å². The van der Waals surface area contributed by atoms with Crippen molar-refractivity contribution in [3.63, 3.8) is 0 Å². The molecule has 0 radical (unpaired) electrons. The molecule has 1 saturated heterocycles. The number of carbonyl (C=O) groups excluding carboxylic acids is 1. The summed E-state index contributed by atoms with van der Waals surface area (Å²) in [6.07, 6.45) is 3.66. The van der Waals surface area contributed by atoms with Gasteiger partial charge in [0.2, 0.25) is 5.91 Å². The van der Waals surface area contributed by atoms with Crippen LogP contribution in [0.25, 0.3) is 0 Å². The molecule has 0 aromatic carbocycles. The number of likely N-dealkylation sites (tertiary alicyclic amines) is 1. The summed E-state index contributed by atoms with van der Waals surface area (Å²) in [5.74, 6) is 0.867. The van der Waals surface area contributed by atoms with Crippen LogP contribution in [-0.2, 0) is 4.79 Å². The van der Waals surface area contributed by atoms with E-state index in [-0.39, 0.29) is 42.7 Å². The SMILES string of the molecule is CC1CCN(CCCNC(=O)C(C)C(C)N)CC1.Cl.Cl. The second-order valence-electron chi connectivity index (χ2n) is 5.82. The predicted molar refractivity (Wildman–Crippen MR) is 89.8 cm³/mol. The lowest BCUT2D eigenvalue weighted by molar-refractivity contribution is -0.124. The van der Waals surface area contributed by atoms with E-state index in [0.29, 0.717) is 0 Å². The summed E-state index contributed by atoms with van der Waals surface area (Å²) in [5.41, 5.74) is 5.70. The lowest BCUT2D eigenvalue weighted by Crippen LogP contribution is -2.40. The van der Waals surface area contributed by atoms with Crippen LogP contribution in [0.4, 0.5) is 0 Å². The van der Waals surface area contributed by atoms with Gasteiger partial charge in [-0.05, 0) is 51.7 Å². The van der Waals surface area contributed by atoms with Gasteiger partial charge >= 0.3 is 0 Å². The summed E-state index contributed by atoms with van der Waals surface area (Å²) in [6, 6.07) is -0.0754. The molecule has 0 aliphatic carbocycles. The number of nitrogens with one attached hydrogen (secondary N) is 1. The van der Waals surface area contributed by atoms with Crippen LogP contribution < -0.4 is 11.1 Å². The summed E-state index contributed by atoms with van der Waals surface area (Å²) in [6.45, 7) is 10.4. The number of hydrogen-bond donors (Lipinski definition) is 2. The summed E-state index contributed by atoms with van der Waals surface area (Å²) in [4.78, 5) is 14.2. The van der Waals surface area contributed by atoms with Crippen molar-refractivity contribution in [2.45, 2.75) is 46.1 Å². The first kappa shape index (κ1) is 22.3. The molecule has 4 nitrogen and oxygen atoms in total. The van der Waals surface area contributed by atoms with Crippen molar-refractivity contribution in [2.24, 2.45) is 17.6 Å². The maximum atomic E-state index is 11.7. The Morgan fingerprint density at radius 1 is 1.30 bits per heavy atom. The minimum atomic E-state index is -0.0964. The van der Waals surface area contributed by atoms with Crippen LogP contribution in [-0.4, -0.2) is 43.0 Å². The standard InChI is InChI=1S/C14H29N3O.2ClH/c1-11-5-9-17(10-6-11)8-4-7-16-14(18)12(2)13(3)15;;/h11-13H,4-10,15H2,1-3H3,(H,16,18);2*1H. The molecule has 1 rings (SSSR count). The monoisotopic (exact) mass is 327 g/mol. The number of nitrogens with zero attached hydrogens (tertiary/aromatic N) is 1. The van der Waals surface area contributed by atoms with Crippen molar-refractivity contribution < 1.29 is 4.79 Å². The van der Waals surface area contributed by atoms with Crippen molar-refractivity contribution >= 4 is 30.7 Å². The molecule has 2 atom stereocenters. The number of halogens is 2. The molecule has 0 bridgehead atoms. The van der Waals surface area contributed by atoms with Crippen LogP contribution in [0.15, 0.2) is 0 Å². The van der Waals surface area contributed by atoms with Crippen molar-refractivity contribution in [1.29, 1.82) is 0 Å². The Balaban J connectivity index is 0. The van der Waals surface area contributed by atoms with Gasteiger partial charge in [-0.1, -0.05) is 13.8 Å². The molecule has 0 saturated carbocycles. The first-order valence-corrected chi connectivity index (χ1v) is 7.26. The van der Waals surface area contributed by atoms with E-state index in [2.05, 4.69) is 17.1 Å². The highest BCUT2D eigenvalue weighted by atomic mass is 35.5. The highest BCUT2D eigenvalue weighted by Gasteiger charge is 2.17. The van der Waals surface area contributed by atoms with Crippen LogP contribution in [0.2, 0.25) is 0 Å². The smallest absolute Gasteiger partial charge is 0.224 e. The fourth-order valence-corrected chi connectivity index (χ4v) is 2.20. The number of carbonyl (C=O) groups is 1. The summed E-state index contributed by atoms with van der Waals surface area (Å²) in [7, 11) is 0. The number of amides is 1. The van der Waals surface area contributed by atoms with Gasteiger partial charge in [-0.2, -0.15) is 0 Å². The lowest BCUT2D eigenvalue weighted by Gasteiger charge is -2.30. The fourth-order valence-electron chi connectivity index (χ4n) is 2.20. The molecule has 20 heavy (non-hydrogen) atoms. The van der Waals surface area contributed by atoms with E-state index in [1.165, 1.54) is 25.9 Å². The molecule has 3 N–H and O–H groups in total. The Morgan fingerprint density at radius 2 is 1.85 bits per heavy atom. The Hall–Kier alpha value is -0.0300. The molecule has 122 valence electrons. The third-order valence-electron chi connectivity index (χ3n) is 4.03. The van der Waals surface area contributed by atoms with Gasteiger partial charge in [0.15, 0.2) is 0 Å². The Kier molecular flexibility index (Phi) is 12.9. The fraction of sp³-hybridized carbons (Fsp3) is 0.929. The van der Waals surface area contributed by atoms with E-state index < -0.39 is 0 Å². The molecule has 0 aromatic rings. The maximum Gasteiger partial charge on any atom is 0.224 e. The molecule has 0 spiro atoms. The molecule has 1 aliphatic heterocycles. The predicted octanol–water partition coefficient (Wildman–Crippen LogP) is 2.05. The lowest BCUT2D eigenvalue weighted by atomic mass is 9.99. The minimum Gasteiger partial charge on any atom is -0.356 e. The summed E-state index contributed by atoms with van der Waals surface area (Å²) >= 11 is 0. The zero-order valence-corrected chi connectivity index (χ0v) is 14.6. The van der Waals surface area contributed by atoms with E-state index in [4.69, 9.17) is 5.73 Å². The largest absolute Gasteiger partial charge is 0.356 e. The third kappa shape index (κ3) is 8.30. The zero-order valence-electron chi connectivity index (χ0n) is 12.9. The summed E-state index contributed by atoms with van der Waals surface area (Å²) < 4.78 is 0. The third-order valence-corrected chi connectivity index (χ3v) is 4.03. The highest BCUT2D eigenvalue weighted by molar-refractivity contribution is 5.85. The van der Waals surface area contributed by atoms with Gasteiger partial charge in [-0.25, -0.2) is 0 Å². The van der Waals surface area contributed by atoms with E-state index in [0.717, 1.165) is 25.4 Å². The van der Waals surface area contributed by atoms with E-state index in [9.17, 15) is 4.79 Å². The Labute approximate surface area is 136 Å². The van der Waals surface area contributed by atoms with Gasteiger partial charge in [-0.15, -0.1) is 24.8 Å². The normalized spacial score (nSPS) is 19.4. The first-order chi connectivity index (χ1) is 8.50. The zero-order chi connectivity index (χ0) is 13.5. The molecular formula is C14H31Cl2N3O. The molecule has 1 fully saturated rings. The number of piperidine rings is 1. The molecular weight excluding hydrogens is 297 g/mol. The van der Waals surface area contributed by atoms with Gasteiger partial charge in [0, 0.05) is 18.5 Å². The number of hydrogen-bond acceptors (Lipinski definition) is 3. The van der Waals surface area contributed by atoms with E-state index in [1.807, 2.05) is 13.8 Å². The highest BCUT2D eigenvalue weighted by Crippen LogP contribution is 2.15. The Bertz CT molecular complexity index is 257. The average Bonchev–Trinajstić information content (AvgIpc) is 2.35. The first-order valence-electron chi connectivity index (χ1n) is 7.26. The van der Waals surface area contributed by atoms with Crippen LogP contribution >= 0.6 is 24.8 Å². The molecule has 2 unspecified atom stereocenters. The van der Waals surface area contributed by atoms with E-state index in [1.54, 1.807) is 0 Å². The van der Waals surface area contributed by atoms with Gasteiger partial charge in [0.05, 0.1) is 0 Å². The molecule has 1 aliphatic rings. The minimum absolute atomic E-state index is 0. The molecule has 6 heteroatoms. The quantitative estimate of drug-likeness (QED) is 0.734. The average molecular weight is 328 g/mol. The molecule has 1 heterocycles. The number of nitrogens with two attached hydrogens (primary N) is 1. The van der Waals surface area contributed by atoms with E-state index >= 15 is 0 Å². The van der Waals surface area contributed by atoms with Crippen LogP contribution in [0.1, 0.15) is 40.0 Å².